The van der Waals surface area contributed by atoms with Crippen molar-refractivity contribution in [1.82, 2.24) is 9.88 Å². The standard InChI is InChI=1S/C17H20N2O3/c1-11-5-6-13-12(10-18-14(13)8-11)9-16(20)19-7-3-2-4-15(19)17(21)22/h5-6,8,10,15,18H,2-4,7,9H2,1H3,(H,21,22). The summed E-state index contributed by atoms with van der Waals surface area (Å²) in [6.45, 7) is 2.56. The molecule has 2 N–H and O–H groups in total. The predicted octanol–water partition coefficient (Wildman–Crippen LogP) is 2.48. The molecule has 0 bridgehead atoms. The molecule has 1 atom stereocenters. The molecule has 1 fully saturated rings. The summed E-state index contributed by atoms with van der Waals surface area (Å²) in [6.07, 6.45) is 4.39. The predicted molar refractivity (Wildman–Crippen MR) is 83.7 cm³/mol. The molecular weight excluding hydrogens is 280 g/mol. The zero-order valence-corrected chi connectivity index (χ0v) is 12.6. The molecule has 2 heterocycles. The second-order valence-electron chi connectivity index (χ2n) is 5.98. The van der Waals surface area contributed by atoms with E-state index in [1.807, 2.05) is 31.3 Å². The maximum Gasteiger partial charge on any atom is 0.326 e. The van der Waals surface area contributed by atoms with Crippen LogP contribution in [0.2, 0.25) is 0 Å². The summed E-state index contributed by atoms with van der Waals surface area (Å²) in [5, 5.41) is 10.3. The Hall–Kier alpha value is -2.30. The van der Waals surface area contributed by atoms with E-state index in [-0.39, 0.29) is 12.3 Å². The largest absolute Gasteiger partial charge is 0.480 e. The normalized spacial score (nSPS) is 18.6. The molecular formula is C17H20N2O3. The van der Waals surface area contributed by atoms with Gasteiger partial charge in [0.15, 0.2) is 0 Å². The molecule has 116 valence electrons. The quantitative estimate of drug-likeness (QED) is 0.914. The summed E-state index contributed by atoms with van der Waals surface area (Å²) in [5.74, 6) is -1.00. The van der Waals surface area contributed by atoms with Crippen LogP contribution in [-0.4, -0.2) is 39.5 Å². The van der Waals surface area contributed by atoms with Crippen LogP contribution in [0.1, 0.15) is 30.4 Å². The van der Waals surface area contributed by atoms with Crippen LogP contribution in [0.25, 0.3) is 10.9 Å². The number of aromatic nitrogens is 1. The molecule has 2 aromatic rings. The molecule has 0 saturated carbocycles. The first kappa shape index (κ1) is 14.6. The number of carbonyl (C=O) groups excluding carboxylic acids is 1. The molecule has 1 aromatic carbocycles. The number of carboxylic acid groups (broad SMARTS) is 1. The van der Waals surface area contributed by atoms with E-state index in [2.05, 4.69) is 4.98 Å². The van der Waals surface area contributed by atoms with E-state index in [4.69, 9.17) is 0 Å². The van der Waals surface area contributed by atoms with Gasteiger partial charge in [0, 0.05) is 23.6 Å². The van der Waals surface area contributed by atoms with Gasteiger partial charge in [0.05, 0.1) is 6.42 Å². The van der Waals surface area contributed by atoms with Gasteiger partial charge in [0.2, 0.25) is 5.91 Å². The van der Waals surface area contributed by atoms with Crippen molar-refractivity contribution in [3.63, 3.8) is 0 Å². The van der Waals surface area contributed by atoms with E-state index < -0.39 is 12.0 Å². The van der Waals surface area contributed by atoms with Gasteiger partial charge in [-0.25, -0.2) is 4.79 Å². The third kappa shape index (κ3) is 2.71. The van der Waals surface area contributed by atoms with Crippen molar-refractivity contribution >= 4 is 22.8 Å². The molecule has 0 aliphatic carbocycles. The van der Waals surface area contributed by atoms with Gasteiger partial charge in [0.25, 0.3) is 0 Å². The second kappa shape index (κ2) is 5.83. The molecule has 5 heteroatoms. The van der Waals surface area contributed by atoms with Gasteiger partial charge in [-0.05, 0) is 43.4 Å². The average molecular weight is 300 g/mol. The van der Waals surface area contributed by atoms with Crippen molar-refractivity contribution in [2.24, 2.45) is 0 Å². The van der Waals surface area contributed by atoms with Crippen LogP contribution in [-0.2, 0) is 16.0 Å². The van der Waals surface area contributed by atoms with E-state index >= 15 is 0 Å². The minimum absolute atomic E-state index is 0.103. The molecule has 22 heavy (non-hydrogen) atoms. The number of aliphatic carboxylic acids is 1. The van der Waals surface area contributed by atoms with E-state index in [1.165, 1.54) is 4.90 Å². The van der Waals surface area contributed by atoms with Crippen LogP contribution < -0.4 is 0 Å². The highest BCUT2D eigenvalue weighted by Gasteiger charge is 2.31. The van der Waals surface area contributed by atoms with Crippen LogP contribution in [0.5, 0.6) is 0 Å². The number of amides is 1. The van der Waals surface area contributed by atoms with Gasteiger partial charge in [-0.3, -0.25) is 4.79 Å². The first-order valence-electron chi connectivity index (χ1n) is 7.65. The Balaban J connectivity index is 1.81. The van der Waals surface area contributed by atoms with Crippen LogP contribution in [0.4, 0.5) is 0 Å². The number of H-pyrrole nitrogens is 1. The number of carbonyl (C=O) groups is 2. The Labute approximate surface area is 128 Å². The van der Waals surface area contributed by atoms with E-state index in [9.17, 15) is 14.7 Å². The number of aromatic amines is 1. The molecule has 1 aliphatic rings. The van der Waals surface area contributed by atoms with Crippen molar-refractivity contribution in [2.45, 2.75) is 38.6 Å². The topological polar surface area (TPSA) is 73.4 Å². The van der Waals surface area contributed by atoms with Crippen LogP contribution in [0.3, 0.4) is 0 Å². The van der Waals surface area contributed by atoms with Crippen LogP contribution in [0.15, 0.2) is 24.4 Å². The van der Waals surface area contributed by atoms with Gasteiger partial charge in [-0.15, -0.1) is 0 Å². The first-order chi connectivity index (χ1) is 10.6. The Morgan fingerprint density at radius 1 is 1.36 bits per heavy atom. The minimum atomic E-state index is -0.900. The molecule has 0 spiro atoms. The number of piperidine rings is 1. The lowest BCUT2D eigenvalue weighted by Gasteiger charge is -2.33. The number of carboxylic acids is 1. The fraction of sp³-hybridized carbons (Fsp3) is 0.412. The number of fused-ring (bicyclic) bond motifs is 1. The summed E-state index contributed by atoms with van der Waals surface area (Å²) >= 11 is 0. The summed E-state index contributed by atoms with van der Waals surface area (Å²) < 4.78 is 0. The Morgan fingerprint density at radius 3 is 2.95 bits per heavy atom. The highest BCUT2D eigenvalue weighted by Crippen LogP contribution is 2.23. The monoisotopic (exact) mass is 300 g/mol. The lowest BCUT2D eigenvalue weighted by molar-refractivity contribution is -0.151. The highest BCUT2D eigenvalue weighted by atomic mass is 16.4. The molecule has 1 aromatic heterocycles. The number of rotatable bonds is 3. The maximum atomic E-state index is 12.5. The van der Waals surface area contributed by atoms with Crippen molar-refractivity contribution < 1.29 is 14.7 Å². The molecule has 5 nitrogen and oxygen atoms in total. The van der Waals surface area contributed by atoms with Gasteiger partial charge >= 0.3 is 5.97 Å². The Morgan fingerprint density at radius 2 is 2.18 bits per heavy atom. The van der Waals surface area contributed by atoms with Gasteiger partial charge in [-0.1, -0.05) is 12.1 Å². The molecule has 1 saturated heterocycles. The van der Waals surface area contributed by atoms with Crippen LogP contribution in [0, 0.1) is 6.92 Å². The molecule has 0 radical (unpaired) electrons. The smallest absolute Gasteiger partial charge is 0.326 e. The zero-order valence-electron chi connectivity index (χ0n) is 12.6. The minimum Gasteiger partial charge on any atom is -0.480 e. The third-order valence-corrected chi connectivity index (χ3v) is 4.37. The number of aryl methyl sites for hydroxylation is 1. The number of nitrogens with one attached hydrogen (secondary N) is 1. The van der Waals surface area contributed by atoms with E-state index in [0.717, 1.165) is 34.9 Å². The molecule has 1 unspecified atom stereocenters. The van der Waals surface area contributed by atoms with E-state index in [0.29, 0.717) is 13.0 Å². The SMILES string of the molecule is Cc1ccc2c(CC(=O)N3CCCCC3C(=O)O)c[nH]c2c1. The number of nitrogens with zero attached hydrogens (tertiary/aromatic N) is 1. The molecule has 3 rings (SSSR count). The second-order valence-corrected chi connectivity index (χ2v) is 5.98. The van der Waals surface area contributed by atoms with Crippen LogP contribution >= 0.6 is 0 Å². The fourth-order valence-electron chi connectivity index (χ4n) is 3.20. The molecule has 1 amide bonds. The average Bonchev–Trinajstić information content (AvgIpc) is 2.89. The third-order valence-electron chi connectivity index (χ3n) is 4.37. The van der Waals surface area contributed by atoms with E-state index in [1.54, 1.807) is 0 Å². The lowest BCUT2D eigenvalue weighted by atomic mass is 10.0. The van der Waals surface area contributed by atoms with Crippen molar-refractivity contribution in [3.05, 3.63) is 35.5 Å². The van der Waals surface area contributed by atoms with Crippen molar-refractivity contribution in [3.8, 4) is 0 Å². The summed E-state index contributed by atoms with van der Waals surface area (Å²) in [5.41, 5.74) is 3.10. The number of hydrogen-bond donors (Lipinski definition) is 2. The number of hydrogen-bond acceptors (Lipinski definition) is 2. The number of likely N-dealkylation sites (tertiary alicyclic amines) is 1. The Bertz CT molecular complexity index is 720. The van der Waals surface area contributed by atoms with Gasteiger partial charge in [0.1, 0.15) is 6.04 Å². The lowest BCUT2D eigenvalue weighted by Crippen LogP contribution is -2.48. The van der Waals surface area contributed by atoms with Gasteiger partial charge in [-0.2, -0.15) is 0 Å². The highest BCUT2D eigenvalue weighted by molar-refractivity contribution is 5.91. The van der Waals surface area contributed by atoms with Crippen molar-refractivity contribution in [2.75, 3.05) is 6.54 Å². The zero-order chi connectivity index (χ0) is 15.7. The Kier molecular flexibility index (Phi) is 3.88. The summed E-state index contributed by atoms with van der Waals surface area (Å²) in [6, 6.07) is 5.40. The number of benzene rings is 1. The van der Waals surface area contributed by atoms with Crippen molar-refractivity contribution in [1.29, 1.82) is 0 Å². The van der Waals surface area contributed by atoms with Gasteiger partial charge < -0.3 is 15.0 Å². The molecule has 1 aliphatic heterocycles. The first-order valence-corrected chi connectivity index (χ1v) is 7.65. The maximum absolute atomic E-state index is 12.5. The summed E-state index contributed by atoms with van der Waals surface area (Å²) in [4.78, 5) is 28.6. The fourth-order valence-corrected chi connectivity index (χ4v) is 3.20. The summed E-state index contributed by atoms with van der Waals surface area (Å²) in [7, 11) is 0.